The molecule has 0 aliphatic rings. The molecule has 1 amide bonds. The molecule has 0 radical (unpaired) electrons. The van der Waals surface area contributed by atoms with Crippen molar-refractivity contribution in [1.82, 2.24) is 0 Å². The number of hydrazine groups is 1. The summed E-state index contributed by atoms with van der Waals surface area (Å²) >= 11 is 8.58. The van der Waals surface area contributed by atoms with Crippen LogP contribution in [0.2, 0.25) is 0 Å². The van der Waals surface area contributed by atoms with Crippen LogP contribution >= 0.6 is 90.4 Å². The van der Waals surface area contributed by atoms with Crippen molar-refractivity contribution in [2.75, 3.05) is 5.01 Å². The first-order chi connectivity index (χ1) is 16.7. The molecule has 10 heteroatoms. The third-order valence-electron chi connectivity index (χ3n) is 5.30. The molecule has 0 saturated heterocycles. The van der Waals surface area contributed by atoms with Crippen molar-refractivity contribution in [2.45, 2.75) is 12.5 Å². The van der Waals surface area contributed by atoms with Crippen molar-refractivity contribution in [3.05, 3.63) is 86.6 Å². The third kappa shape index (κ3) is 6.14. The molecule has 1 atom stereocenters. The number of aromatic hydroxyl groups is 1. The van der Waals surface area contributed by atoms with E-state index in [0.29, 0.717) is 30.7 Å². The van der Waals surface area contributed by atoms with Crippen LogP contribution in [0.5, 0.6) is 17.2 Å². The van der Waals surface area contributed by atoms with Gasteiger partial charge in [0.15, 0.2) is 5.75 Å². The number of phenolic OH excluding ortho intramolecular Hbond substituents is 1. The quantitative estimate of drug-likeness (QED) is 0.0885. The molecule has 0 aromatic heterocycles. The summed E-state index contributed by atoms with van der Waals surface area (Å²) in [5.74, 6) is 7.46. The Morgan fingerprint density at radius 2 is 1.51 bits per heavy atom. The molecule has 0 fully saturated rings. The number of carbonyl (C=O) groups is 1. The number of phenols is 1. The van der Waals surface area contributed by atoms with Crippen molar-refractivity contribution in [3.63, 3.8) is 0 Å². The lowest BCUT2D eigenvalue weighted by molar-refractivity contribution is -0.119. The lowest BCUT2D eigenvalue weighted by Crippen LogP contribution is -2.48. The maximum absolute atomic E-state index is 13.1. The van der Waals surface area contributed by atoms with Gasteiger partial charge in [-0.1, -0.05) is 36.4 Å². The molecule has 0 spiro atoms. The van der Waals surface area contributed by atoms with Crippen LogP contribution in [0, 0.1) is 14.3 Å². The fourth-order valence-electron chi connectivity index (χ4n) is 3.60. The molecule has 35 heavy (non-hydrogen) atoms. The molecule has 5 N–H and O–H groups in total. The molecule has 0 heterocycles. The molecular formula is C25H19I4N3O3. The van der Waals surface area contributed by atoms with Crippen LogP contribution in [0.15, 0.2) is 66.7 Å². The number of carbonyl (C=O) groups excluding carboxylic acids is 1. The van der Waals surface area contributed by atoms with Gasteiger partial charge in [0, 0.05) is 5.39 Å². The second kappa shape index (κ2) is 11.6. The average molecular weight is 917 g/mol. The first kappa shape index (κ1) is 27.1. The number of halogens is 4. The van der Waals surface area contributed by atoms with E-state index in [-0.39, 0.29) is 11.7 Å². The van der Waals surface area contributed by atoms with Crippen LogP contribution in [0.4, 0.5) is 5.69 Å². The highest BCUT2D eigenvalue weighted by Gasteiger charge is 2.23. The number of amides is 1. The SMILES string of the molecule is NC(Cc1cc(I)c(Oc2cc(I)c(O)c(I)c2)c(I)c1)C(=O)N(N)c1cccc2ccccc12. The topological polar surface area (TPSA) is 102 Å². The number of rotatable bonds is 6. The van der Waals surface area contributed by atoms with Crippen LogP contribution in [0.25, 0.3) is 10.8 Å². The molecule has 4 aromatic carbocycles. The smallest absolute Gasteiger partial charge is 0.258 e. The number of benzene rings is 4. The Morgan fingerprint density at radius 1 is 0.914 bits per heavy atom. The zero-order chi connectivity index (χ0) is 25.3. The van der Waals surface area contributed by atoms with Gasteiger partial charge >= 0.3 is 0 Å². The van der Waals surface area contributed by atoms with E-state index in [1.165, 1.54) is 0 Å². The van der Waals surface area contributed by atoms with Gasteiger partial charge in [0.2, 0.25) is 0 Å². The molecule has 0 saturated carbocycles. The van der Waals surface area contributed by atoms with Crippen molar-refractivity contribution in [2.24, 2.45) is 11.6 Å². The predicted octanol–water partition coefficient (Wildman–Crippen LogP) is 6.53. The molecule has 0 aliphatic carbocycles. The molecule has 0 aliphatic heterocycles. The Kier molecular flexibility index (Phi) is 9.00. The summed E-state index contributed by atoms with van der Waals surface area (Å²) in [6, 6.07) is 20.1. The molecule has 4 rings (SSSR count). The van der Waals surface area contributed by atoms with E-state index in [0.717, 1.165) is 28.5 Å². The summed E-state index contributed by atoms with van der Waals surface area (Å²) < 4.78 is 9.35. The second-order valence-corrected chi connectivity index (χ2v) is 12.4. The van der Waals surface area contributed by atoms with Gasteiger partial charge in [0.1, 0.15) is 11.5 Å². The standard InChI is InChI=1S/C25H19I4N3O3/c26-17-11-15(12-18(27)23(17)33)35-24-19(28)8-13(9-20(24)29)10-21(30)25(34)32(31)22-7-3-5-14-4-1-2-6-16(14)22/h1-9,11-12,21,33H,10,30-31H2. The van der Waals surface area contributed by atoms with Crippen LogP contribution in [0.3, 0.4) is 0 Å². The maximum atomic E-state index is 13.1. The summed E-state index contributed by atoms with van der Waals surface area (Å²) in [6.45, 7) is 0. The zero-order valence-electron chi connectivity index (χ0n) is 18.0. The first-order valence-corrected chi connectivity index (χ1v) is 14.6. The molecule has 180 valence electrons. The van der Waals surface area contributed by atoms with Gasteiger partial charge in [-0.05, 0) is 138 Å². The van der Waals surface area contributed by atoms with Crippen LogP contribution in [-0.4, -0.2) is 17.1 Å². The Morgan fingerprint density at radius 3 is 2.17 bits per heavy atom. The fourth-order valence-corrected chi connectivity index (χ4v) is 7.43. The largest absolute Gasteiger partial charge is 0.506 e. The third-order valence-corrected chi connectivity index (χ3v) is 8.55. The van der Waals surface area contributed by atoms with E-state index in [1.54, 1.807) is 12.1 Å². The van der Waals surface area contributed by atoms with Crippen molar-refractivity contribution >= 4 is 113 Å². The number of ether oxygens (including phenoxy) is 1. The maximum Gasteiger partial charge on any atom is 0.258 e. The molecule has 1 unspecified atom stereocenters. The van der Waals surface area contributed by atoms with Gasteiger partial charge in [-0.2, -0.15) is 0 Å². The number of nitrogens with zero attached hydrogens (tertiary/aromatic N) is 1. The van der Waals surface area contributed by atoms with Gasteiger partial charge < -0.3 is 15.6 Å². The molecule has 4 aromatic rings. The van der Waals surface area contributed by atoms with E-state index < -0.39 is 6.04 Å². The number of hydrogen-bond acceptors (Lipinski definition) is 5. The van der Waals surface area contributed by atoms with Crippen molar-refractivity contribution in [1.29, 1.82) is 0 Å². The first-order valence-electron chi connectivity index (χ1n) is 10.3. The van der Waals surface area contributed by atoms with Crippen LogP contribution < -0.4 is 21.3 Å². The number of anilines is 1. The highest BCUT2D eigenvalue weighted by Crippen LogP contribution is 2.37. The number of nitrogens with two attached hydrogens (primary N) is 2. The van der Waals surface area contributed by atoms with Crippen molar-refractivity contribution < 1.29 is 14.6 Å². The fraction of sp³-hybridized carbons (Fsp3) is 0.0800. The minimum absolute atomic E-state index is 0.245. The number of fused-ring (bicyclic) bond motifs is 1. The minimum Gasteiger partial charge on any atom is -0.506 e. The Labute approximate surface area is 257 Å². The Bertz CT molecular complexity index is 1380. The average Bonchev–Trinajstić information content (AvgIpc) is 2.83. The highest BCUT2D eigenvalue weighted by molar-refractivity contribution is 14.1. The highest BCUT2D eigenvalue weighted by atomic mass is 127. The summed E-state index contributed by atoms with van der Waals surface area (Å²) in [6.07, 6.45) is 0.332. The van der Waals surface area contributed by atoms with Gasteiger partial charge in [-0.3, -0.25) is 4.79 Å². The van der Waals surface area contributed by atoms with E-state index in [1.807, 2.05) is 54.6 Å². The van der Waals surface area contributed by atoms with Gasteiger partial charge in [-0.15, -0.1) is 0 Å². The predicted molar refractivity (Wildman–Crippen MR) is 173 cm³/mol. The molecular weight excluding hydrogens is 898 g/mol. The van der Waals surface area contributed by atoms with E-state index in [4.69, 9.17) is 16.3 Å². The minimum atomic E-state index is -0.808. The number of hydrogen-bond donors (Lipinski definition) is 3. The van der Waals surface area contributed by atoms with Gasteiger partial charge in [0.05, 0.1) is 26.0 Å². The van der Waals surface area contributed by atoms with E-state index in [9.17, 15) is 9.90 Å². The van der Waals surface area contributed by atoms with Crippen molar-refractivity contribution in [3.8, 4) is 17.2 Å². The Hall–Kier alpha value is -0.950. The van der Waals surface area contributed by atoms with E-state index in [2.05, 4.69) is 90.4 Å². The summed E-state index contributed by atoms with van der Waals surface area (Å²) in [5.41, 5.74) is 7.84. The monoisotopic (exact) mass is 917 g/mol. The summed E-state index contributed by atoms with van der Waals surface area (Å²) in [4.78, 5) is 13.1. The molecule has 0 bridgehead atoms. The lowest BCUT2D eigenvalue weighted by Gasteiger charge is -2.22. The van der Waals surface area contributed by atoms with Crippen LogP contribution in [-0.2, 0) is 11.2 Å². The molecule has 6 nitrogen and oxygen atoms in total. The Balaban J connectivity index is 1.52. The summed E-state index contributed by atoms with van der Waals surface area (Å²) in [7, 11) is 0. The summed E-state index contributed by atoms with van der Waals surface area (Å²) in [5, 5.41) is 13.0. The van der Waals surface area contributed by atoms with E-state index >= 15 is 0 Å². The van der Waals surface area contributed by atoms with Gasteiger partial charge in [0.25, 0.3) is 5.91 Å². The second-order valence-electron chi connectivity index (χ2n) is 7.74. The normalized spacial score (nSPS) is 11.9. The lowest BCUT2D eigenvalue weighted by atomic mass is 10.0. The zero-order valence-corrected chi connectivity index (χ0v) is 26.6. The van der Waals surface area contributed by atoms with Crippen LogP contribution in [0.1, 0.15) is 5.56 Å². The van der Waals surface area contributed by atoms with Gasteiger partial charge in [-0.25, -0.2) is 10.9 Å².